The van der Waals surface area contributed by atoms with Crippen molar-refractivity contribution in [2.75, 3.05) is 4.43 Å². The Kier molecular flexibility index (Phi) is 4.26. The molecule has 4 heavy (non-hydrogen) atoms. The Morgan fingerprint density at radius 3 is 2.25 bits per heavy atom. The number of halogens is 2. The molecule has 0 aliphatic rings. The summed E-state index contributed by atoms with van der Waals surface area (Å²) in [4.78, 5) is 0. The van der Waals surface area contributed by atoms with E-state index in [9.17, 15) is 2.86 Å². The van der Waals surface area contributed by atoms with E-state index >= 15 is 0 Å². The SMILES string of the molecule is CC[I-]F. The van der Waals surface area contributed by atoms with Gasteiger partial charge in [-0.05, 0) is 0 Å². The molecular weight excluding hydrogens is 170 g/mol. The second kappa shape index (κ2) is 3.66. The van der Waals surface area contributed by atoms with Crippen LogP contribution in [-0.2, 0) is 0 Å². The molecule has 0 nitrogen and oxygen atoms in total. The van der Waals surface area contributed by atoms with E-state index in [0.29, 0.717) is 0 Å². The average molecular weight is 175 g/mol. The zero-order valence-corrected chi connectivity index (χ0v) is 4.62. The van der Waals surface area contributed by atoms with Crippen LogP contribution in [0.25, 0.3) is 0 Å². The Bertz CT molecular complexity index is 8.00. The normalized spacial score (nSPS) is 8.50. The van der Waals surface area contributed by atoms with Gasteiger partial charge in [-0.15, -0.1) is 0 Å². The Labute approximate surface area is 36.4 Å². The van der Waals surface area contributed by atoms with Crippen molar-refractivity contribution in [2.45, 2.75) is 6.92 Å². The van der Waals surface area contributed by atoms with E-state index in [0.717, 1.165) is 4.43 Å². The summed E-state index contributed by atoms with van der Waals surface area (Å²) in [5.74, 6) is 0. The molecule has 0 atom stereocenters. The van der Waals surface area contributed by atoms with Gasteiger partial charge in [0.05, 0.1) is 0 Å². The van der Waals surface area contributed by atoms with E-state index in [-0.39, 0.29) is 0 Å². The van der Waals surface area contributed by atoms with Gasteiger partial charge in [0.25, 0.3) is 0 Å². The van der Waals surface area contributed by atoms with Crippen molar-refractivity contribution in [3.63, 3.8) is 0 Å². The summed E-state index contributed by atoms with van der Waals surface area (Å²) in [5, 5.41) is 0. The van der Waals surface area contributed by atoms with Crippen LogP contribution in [0.15, 0.2) is 0 Å². The molecule has 0 rings (SSSR count). The van der Waals surface area contributed by atoms with Gasteiger partial charge < -0.3 is 0 Å². The van der Waals surface area contributed by atoms with Crippen molar-refractivity contribution in [2.24, 2.45) is 0 Å². The molecule has 0 aromatic rings. The van der Waals surface area contributed by atoms with E-state index in [1.807, 2.05) is 6.92 Å². The van der Waals surface area contributed by atoms with Crippen molar-refractivity contribution >= 4 is 0 Å². The van der Waals surface area contributed by atoms with Gasteiger partial charge in [-0.1, -0.05) is 0 Å². The molecule has 0 saturated carbocycles. The molecule has 2 heteroatoms. The molecule has 0 unspecified atom stereocenters. The van der Waals surface area contributed by atoms with Gasteiger partial charge >= 0.3 is 36.0 Å². The van der Waals surface area contributed by atoms with Gasteiger partial charge in [-0.2, -0.15) is 0 Å². The summed E-state index contributed by atoms with van der Waals surface area (Å²) >= 11 is -0.889. The fourth-order valence-electron chi connectivity index (χ4n) is 0. The van der Waals surface area contributed by atoms with Crippen molar-refractivity contribution < 1.29 is 24.6 Å². The molecule has 0 aromatic carbocycles. The Morgan fingerprint density at radius 2 is 2.25 bits per heavy atom. The second-order valence-corrected chi connectivity index (χ2v) is 2.47. The maximum atomic E-state index is 10.8. The van der Waals surface area contributed by atoms with Crippen LogP contribution in [0, 0.1) is 0 Å². The molecule has 0 bridgehead atoms. The standard InChI is InChI=1S/C2H5FI/c1-2-4-3/h2H2,1H3/q-1. The molecule has 28 valence electrons. The van der Waals surface area contributed by atoms with Crippen LogP contribution in [0.2, 0.25) is 0 Å². The van der Waals surface area contributed by atoms with Gasteiger partial charge in [0.1, 0.15) is 0 Å². The zero-order chi connectivity index (χ0) is 3.41. The van der Waals surface area contributed by atoms with E-state index in [4.69, 9.17) is 0 Å². The molecule has 0 aliphatic heterocycles. The Hall–Kier alpha value is 0.660. The van der Waals surface area contributed by atoms with Crippen LogP contribution in [0.5, 0.6) is 0 Å². The van der Waals surface area contributed by atoms with Gasteiger partial charge in [0, 0.05) is 0 Å². The summed E-state index contributed by atoms with van der Waals surface area (Å²) in [6.45, 7) is 1.85. The van der Waals surface area contributed by atoms with Crippen LogP contribution in [0.4, 0.5) is 2.86 Å². The van der Waals surface area contributed by atoms with Crippen LogP contribution < -0.4 is 21.8 Å². The first-order valence-electron chi connectivity index (χ1n) is 1.12. The number of hydrogen-bond acceptors (Lipinski definition) is 0. The fourth-order valence-corrected chi connectivity index (χ4v) is 0. The third-order valence-corrected chi connectivity index (χ3v) is 0.678. The maximum absolute atomic E-state index is 10.8. The third kappa shape index (κ3) is 2.66. The summed E-state index contributed by atoms with van der Waals surface area (Å²) < 4.78 is 11.6. The molecular formula is C2H5FI-. The number of hydrogen-bond donors (Lipinski definition) is 0. The molecule has 0 amide bonds. The summed E-state index contributed by atoms with van der Waals surface area (Å²) in [5.41, 5.74) is 0. The summed E-state index contributed by atoms with van der Waals surface area (Å²) in [7, 11) is 0. The predicted octanol–water partition coefficient (Wildman–Crippen LogP) is -2.02. The molecule has 0 fully saturated rings. The van der Waals surface area contributed by atoms with Crippen LogP contribution >= 0.6 is 0 Å². The molecule has 0 N–H and O–H groups in total. The second-order valence-electron chi connectivity index (χ2n) is 0.368. The molecule has 0 aromatic heterocycles. The monoisotopic (exact) mass is 175 g/mol. The summed E-state index contributed by atoms with van der Waals surface area (Å²) in [6, 6.07) is 0. The minimum absolute atomic E-state index is 0.763. The van der Waals surface area contributed by atoms with Crippen LogP contribution in [0.3, 0.4) is 0 Å². The first-order chi connectivity index (χ1) is 1.91. The van der Waals surface area contributed by atoms with Gasteiger partial charge in [-0.3, -0.25) is 0 Å². The Morgan fingerprint density at radius 1 is 2.00 bits per heavy atom. The van der Waals surface area contributed by atoms with E-state index in [2.05, 4.69) is 0 Å². The van der Waals surface area contributed by atoms with Gasteiger partial charge in [0.2, 0.25) is 0 Å². The number of rotatable bonds is 1. The fraction of sp³-hybridized carbons (Fsp3) is 1.00. The van der Waals surface area contributed by atoms with E-state index < -0.39 is 21.8 Å². The average Bonchev–Trinajstić information content (AvgIpc) is 1.37. The van der Waals surface area contributed by atoms with Gasteiger partial charge in [0.15, 0.2) is 0 Å². The molecule has 0 saturated heterocycles. The van der Waals surface area contributed by atoms with E-state index in [1.54, 1.807) is 0 Å². The van der Waals surface area contributed by atoms with Crippen molar-refractivity contribution in [1.82, 2.24) is 0 Å². The zero-order valence-electron chi connectivity index (χ0n) is 2.46. The number of alkyl halides is 1. The first-order valence-corrected chi connectivity index (χ1v) is 3.46. The minimum atomic E-state index is -0.889. The van der Waals surface area contributed by atoms with Crippen molar-refractivity contribution in [3.05, 3.63) is 0 Å². The Balaban J connectivity index is 1.97. The molecule has 0 spiro atoms. The van der Waals surface area contributed by atoms with Crippen LogP contribution in [0.1, 0.15) is 6.92 Å². The quantitative estimate of drug-likeness (QED) is 0.318. The third-order valence-electron chi connectivity index (χ3n) is 0.101. The molecule has 0 heterocycles. The van der Waals surface area contributed by atoms with Crippen LogP contribution in [-0.4, -0.2) is 4.43 Å². The van der Waals surface area contributed by atoms with E-state index in [1.165, 1.54) is 0 Å². The van der Waals surface area contributed by atoms with Crippen molar-refractivity contribution in [1.29, 1.82) is 0 Å². The summed E-state index contributed by atoms with van der Waals surface area (Å²) in [6.07, 6.45) is 0. The molecule has 0 aliphatic carbocycles. The van der Waals surface area contributed by atoms with Crippen molar-refractivity contribution in [3.8, 4) is 0 Å². The topological polar surface area (TPSA) is 0 Å². The molecule has 0 radical (unpaired) electrons. The van der Waals surface area contributed by atoms with Gasteiger partial charge in [-0.25, -0.2) is 0 Å². The predicted molar refractivity (Wildman–Crippen MR) is 11.6 cm³/mol. The first kappa shape index (κ1) is 4.66.